The molecule has 12 nitrogen and oxygen atoms in total. The molecule has 3 atom stereocenters. The molecule has 0 radical (unpaired) electrons. The number of nitrogens with one attached hydrogen (secondary N) is 3. The maximum Gasteiger partial charge on any atom is 0.334 e. The zero-order valence-electron chi connectivity index (χ0n) is 20.1. The topological polar surface area (TPSA) is 185 Å². The lowest BCUT2D eigenvalue weighted by Crippen LogP contribution is -2.44. The van der Waals surface area contributed by atoms with Crippen LogP contribution in [0.1, 0.15) is 31.1 Å². The minimum absolute atomic E-state index is 0.0138. The molecular weight excluding hydrogens is 546 g/mol. The van der Waals surface area contributed by atoms with E-state index in [0.717, 1.165) is 6.92 Å². The van der Waals surface area contributed by atoms with Crippen LogP contribution in [0, 0.1) is 0 Å². The van der Waals surface area contributed by atoms with Crippen molar-refractivity contribution in [2.24, 2.45) is 0 Å². The van der Waals surface area contributed by atoms with Crippen LogP contribution in [-0.4, -0.2) is 80.4 Å². The number of carbonyl (C=O) groups excluding carboxylic acids is 6. The van der Waals surface area contributed by atoms with Crippen LogP contribution in [0.25, 0.3) is 0 Å². The van der Waals surface area contributed by atoms with E-state index in [1.807, 2.05) is 0 Å². The molecule has 1 aromatic rings. The molecule has 37 heavy (non-hydrogen) atoms. The molecule has 4 N–H and O–H groups in total. The van der Waals surface area contributed by atoms with Gasteiger partial charge in [0.15, 0.2) is 0 Å². The van der Waals surface area contributed by atoms with Crippen LogP contribution in [0.4, 0.5) is 0 Å². The number of thioether (sulfide) groups is 2. The largest absolute Gasteiger partial charge is 0.480 e. The van der Waals surface area contributed by atoms with Gasteiger partial charge in [0, 0.05) is 38.0 Å². The number of benzene rings is 1. The number of ether oxygens (including phenoxy) is 1. The first kappa shape index (κ1) is 32.0. The van der Waals surface area contributed by atoms with Gasteiger partial charge in [-0.25, -0.2) is 9.59 Å². The Bertz CT molecular complexity index is 1050. The van der Waals surface area contributed by atoms with Gasteiger partial charge in [-0.05, 0) is 12.1 Å². The maximum atomic E-state index is 12.9. The number of para-hydroxylation sites is 1. The maximum absolute atomic E-state index is 12.9. The van der Waals surface area contributed by atoms with Crippen molar-refractivity contribution < 1.29 is 43.4 Å². The third-order valence-electron chi connectivity index (χ3n) is 4.27. The summed E-state index contributed by atoms with van der Waals surface area (Å²) in [6, 6.07) is 2.35. The first-order valence-electron chi connectivity index (χ1n) is 10.6. The Morgan fingerprint density at radius 3 is 1.89 bits per heavy atom. The van der Waals surface area contributed by atoms with E-state index in [-0.39, 0.29) is 28.6 Å². The summed E-state index contributed by atoms with van der Waals surface area (Å²) in [6.45, 7) is 3.54. The molecule has 202 valence electrons. The Labute approximate surface area is 226 Å². The van der Waals surface area contributed by atoms with Crippen molar-refractivity contribution >= 4 is 76.0 Å². The fraction of sp³-hybridized carbons (Fsp3) is 0.409. The van der Waals surface area contributed by atoms with E-state index in [1.165, 1.54) is 38.1 Å². The van der Waals surface area contributed by atoms with Crippen LogP contribution in [0.2, 0.25) is 0 Å². The lowest BCUT2D eigenvalue weighted by atomic mass is 10.2. The molecular formula is C22H27N3O9S3. The van der Waals surface area contributed by atoms with E-state index in [2.05, 4.69) is 28.6 Å². The van der Waals surface area contributed by atoms with E-state index in [0.29, 0.717) is 23.5 Å². The second-order valence-corrected chi connectivity index (χ2v) is 9.81. The van der Waals surface area contributed by atoms with Gasteiger partial charge < -0.3 is 25.8 Å². The van der Waals surface area contributed by atoms with Crippen LogP contribution in [-0.2, 0) is 28.8 Å². The van der Waals surface area contributed by atoms with Crippen molar-refractivity contribution in [2.75, 3.05) is 17.3 Å². The number of carboxylic acid groups (broad SMARTS) is 1. The van der Waals surface area contributed by atoms with Crippen LogP contribution in [0.5, 0.6) is 5.75 Å². The summed E-state index contributed by atoms with van der Waals surface area (Å²) < 4.78 is 5.29. The summed E-state index contributed by atoms with van der Waals surface area (Å²) in [5, 5.41) is 15.0. The van der Waals surface area contributed by atoms with Gasteiger partial charge in [-0.1, -0.05) is 35.7 Å². The number of rotatable bonds is 13. The Balaban J connectivity index is 2.92. The Morgan fingerprint density at radius 2 is 1.35 bits per heavy atom. The molecule has 1 rings (SSSR count). The molecule has 0 aliphatic rings. The van der Waals surface area contributed by atoms with Crippen molar-refractivity contribution in [1.29, 1.82) is 0 Å². The van der Waals surface area contributed by atoms with Crippen molar-refractivity contribution in [3.63, 3.8) is 0 Å². The number of esters is 1. The second kappa shape index (κ2) is 15.9. The van der Waals surface area contributed by atoms with E-state index < -0.39 is 58.0 Å². The van der Waals surface area contributed by atoms with Crippen LogP contribution in [0.15, 0.2) is 24.3 Å². The van der Waals surface area contributed by atoms with Gasteiger partial charge in [-0.3, -0.25) is 24.0 Å². The molecule has 0 heterocycles. The van der Waals surface area contributed by atoms with Crippen molar-refractivity contribution in [2.45, 2.75) is 38.9 Å². The molecule has 0 saturated carbocycles. The summed E-state index contributed by atoms with van der Waals surface area (Å²) in [6.07, 6.45) is 0. The Morgan fingerprint density at radius 1 is 0.838 bits per heavy atom. The Hall–Kier alpha value is -3.04. The average molecular weight is 574 g/mol. The SMILES string of the molecule is CC(=O)NC(CSC(=O)C(CSC(=O)c1ccccc1OC(=O)C(CS)NC(C)=O)NC(C)=O)C(=O)O. The summed E-state index contributed by atoms with van der Waals surface area (Å²) in [4.78, 5) is 83.3. The van der Waals surface area contributed by atoms with E-state index >= 15 is 0 Å². The second-order valence-electron chi connectivity index (χ2n) is 7.43. The molecule has 0 saturated heterocycles. The van der Waals surface area contributed by atoms with Crippen LogP contribution in [0.3, 0.4) is 0 Å². The molecule has 1 aromatic carbocycles. The number of carboxylic acids is 1. The van der Waals surface area contributed by atoms with Gasteiger partial charge in [0.2, 0.25) is 28.0 Å². The fourth-order valence-corrected chi connectivity index (χ4v) is 4.79. The fourth-order valence-electron chi connectivity index (χ4n) is 2.67. The average Bonchev–Trinajstić information content (AvgIpc) is 2.81. The predicted octanol–water partition coefficient (Wildman–Crippen LogP) is 0.254. The van der Waals surface area contributed by atoms with Crippen LogP contribution >= 0.6 is 36.2 Å². The standard InChI is InChI=1S/C22H27N3O9S3/c1-11(26)23-15(8-35)20(31)34-18-7-5-4-6-14(18)21(32)36-10-17(25-13(3)28)22(33)37-9-16(19(29)30)24-12(2)27/h4-7,15-17,35H,8-10H2,1-3H3,(H,23,26)(H,24,27)(H,25,28)(H,29,30). The third kappa shape index (κ3) is 11.7. The van der Waals surface area contributed by atoms with Crippen LogP contribution < -0.4 is 20.7 Å². The third-order valence-corrected chi connectivity index (χ3v) is 6.69. The molecule has 0 fully saturated rings. The summed E-state index contributed by atoms with van der Waals surface area (Å²) in [7, 11) is 0. The van der Waals surface area contributed by atoms with Crippen molar-refractivity contribution in [1.82, 2.24) is 16.0 Å². The predicted molar refractivity (Wildman–Crippen MR) is 141 cm³/mol. The van der Waals surface area contributed by atoms with Crippen molar-refractivity contribution in [3.05, 3.63) is 29.8 Å². The molecule has 3 amide bonds. The zero-order chi connectivity index (χ0) is 28.1. The number of hydrogen-bond donors (Lipinski definition) is 5. The van der Waals surface area contributed by atoms with Gasteiger partial charge in [0.05, 0.1) is 5.56 Å². The zero-order valence-corrected chi connectivity index (χ0v) is 22.7. The lowest BCUT2D eigenvalue weighted by Gasteiger charge is -2.18. The van der Waals surface area contributed by atoms with Gasteiger partial charge in [0.25, 0.3) is 0 Å². The minimum atomic E-state index is -1.33. The first-order chi connectivity index (χ1) is 17.3. The van der Waals surface area contributed by atoms with E-state index in [4.69, 9.17) is 4.74 Å². The number of thiol groups is 1. The highest BCUT2D eigenvalue weighted by Crippen LogP contribution is 2.25. The number of carbonyl (C=O) groups is 7. The summed E-state index contributed by atoms with van der Waals surface area (Å²) in [5.41, 5.74) is 0.0138. The molecule has 0 bridgehead atoms. The smallest absolute Gasteiger partial charge is 0.334 e. The summed E-state index contributed by atoms with van der Waals surface area (Å²) in [5.74, 6) is -4.35. The summed E-state index contributed by atoms with van der Waals surface area (Å²) >= 11 is 5.28. The normalized spacial score (nSPS) is 12.9. The lowest BCUT2D eigenvalue weighted by molar-refractivity contribution is -0.140. The minimum Gasteiger partial charge on any atom is -0.480 e. The molecule has 0 aliphatic heterocycles. The highest BCUT2D eigenvalue weighted by molar-refractivity contribution is 8.15. The van der Waals surface area contributed by atoms with Gasteiger partial charge in [-0.15, -0.1) is 0 Å². The molecule has 15 heteroatoms. The quantitative estimate of drug-likeness (QED) is 0.124. The van der Waals surface area contributed by atoms with E-state index in [9.17, 15) is 38.7 Å². The van der Waals surface area contributed by atoms with Crippen molar-refractivity contribution in [3.8, 4) is 5.75 Å². The monoisotopic (exact) mass is 573 g/mol. The van der Waals surface area contributed by atoms with Gasteiger partial charge >= 0.3 is 11.9 Å². The number of aliphatic carboxylic acids is 1. The number of amides is 3. The highest BCUT2D eigenvalue weighted by Gasteiger charge is 2.27. The van der Waals surface area contributed by atoms with E-state index in [1.54, 1.807) is 0 Å². The molecule has 0 aromatic heterocycles. The van der Waals surface area contributed by atoms with Gasteiger partial charge in [-0.2, -0.15) is 12.6 Å². The first-order valence-corrected chi connectivity index (χ1v) is 13.3. The molecule has 0 aliphatic carbocycles. The highest BCUT2D eigenvalue weighted by atomic mass is 32.2. The Kier molecular flexibility index (Phi) is 13.8. The molecule has 0 spiro atoms. The van der Waals surface area contributed by atoms with Gasteiger partial charge in [0.1, 0.15) is 23.9 Å². The number of hydrogen-bond acceptors (Lipinski definition) is 11. The molecule has 3 unspecified atom stereocenters.